The molecule has 5 nitrogen and oxygen atoms in total. The van der Waals surface area contributed by atoms with E-state index in [9.17, 15) is 14.4 Å². The van der Waals surface area contributed by atoms with Gasteiger partial charge in [-0.2, -0.15) is 5.26 Å². The second-order valence-corrected chi connectivity index (χ2v) is 5.21. The Kier molecular flexibility index (Phi) is 4.57. The molecular formula is C19H14FN3O2. The number of pyridine rings is 1. The summed E-state index contributed by atoms with van der Waals surface area (Å²) in [6.07, 6.45) is 1.38. The van der Waals surface area contributed by atoms with Crippen molar-refractivity contribution in [2.24, 2.45) is 0 Å². The molecule has 3 aromatic rings. The fraction of sp³-hybridized carbons (Fsp3) is 0.105. The average Bonchev–Trinajstić information content (AvgIpc) is 2.63. The molecule has 0 fully saturated rings. The van der Waals surface area contributed by atoms with E-state index in [1.54, 1.807) is 37.3 Å². The highest BCUT2D eigenvalue weighted by Gasteiger charge is 2.18. The Morgan fingerprint density at radius 2 is 2.04 bits per heavy atom. The van der Waals surface area contributed by atoms with Gasteiger partial charge in [0.1, 0.15) is 17.4 Å². The lowest BCUT2D eigenvalue weighted by atomic mass is 10.1. The fourth-order valence-electron chi connectivity index (χ4n) is 2.49. The highest BCUT2D eigenvalue weighted by atomic mass is 19.1. The third-order valence-electron chi connectivity index (χ3n) is 3.63. The number of hydrogen-bond donors (Lipinski definition) is 1. The largest absolute Gasteiger partial charge is 0.462 e. The van der Waals surface area contributed by atoms with Gasteiger partial charge in [-0.15, -0.1) is 0 Å². The molecule has 0 aliphatic heterocycles. The van der Waals surface area contributed by atoms with Crippen molar-refractivity contribution in [2.75, 3.05) is 11.9 Å². The number of hydrogen-bond acceptors (Lipinski definition) is 5. The summed E-state index contributed by atoms with van der Waals surface area (Å²) in [6.45, 7) is 1.94. The van der Waals surface area contributed by atoms with Crippen molar-refractivity contribution in [3.63, 3.8) is 0 Å². The van der Waals surface area contributed by atoms with Gasteiger partial charge in [0.25, 0.3) is 0 Å². The van der Waals surface area contributed by atoms with Crippen LogP contribution in [0.25, 0.3) is 10.9 Å². The normalized spacial score (nSPS) is 10.3. The first-order chi connectivity index (χ1) is 12.1. The van der Waals surface area contributed by atoms with Crippen molar-refractivity contribution in [1.82, 2.24) is 4.98 Å². The van der Waals surface area contributed by atoms with Crippen molar-refractivity contribution in [2.45, 2.75) is 6.92 Å². The first-order valence-electron chi connectivity index (χ1n) is 7.65. The van der Waals surface area contributed by atoms with Crippen LogP contribution in [0.2, 0.25) is 0 Å². The minimum Gasteiger partial charge on any atom is -0.462 e. The van der Waals surface area contributed by atoms with Gasteiger partial charge in [0.2, 0.25) is 0 Å². The standard InChI is InChI=1S/C19H14FN3O2/c1-2-25-19(24)16-11-22-17-12(10-21)4-3-5-15(17)18(16)23-14-8-6-13(20)7-9-14/h3-9,11H,2H2,1H3,(H,22,23). The molecule has 0 saturated heterocycles. The molecule has 0 amide bonds. The van der Waals surface area contributed by atoms with Crippen molar-refractivity contribution in [1.29, 1.82) is 5.26 Å². The lowest BCUT2D eigenvalue weighted by Crippen LogP contribution is -2.09. The van der Waals surface area contributed by atoms with E-state index in [-0.39, 0.29) is 18.0 Å². The molecule has 3 rings (SSSR count). The molecule has 2 aromatic carbocycles. The van der Waals surface area contributed by atoms with Crippen LogP contribution < -0.4 is 5.32 Å². The minimum atomic E-state index is -0.524. The van der Waals surface area contributed by atoms with Crippen LogP contribution in [0.1, 0.15) is 22.8 Å². The quantitative estimate of drug-likeness (QED) is 0.724. The average molecular weight is 335 g/mol. The van der Waals surface area contributed by atoms with Gasteiger partial charge in [0.15, 0.2) is 0 Å². The number of fused-ring (bicyclic) bond motifs is 1. The van der Waals surface area contributed by atoms with Crippen molar-refractivity contribution in [3.05, 3.63) is 65.6 Å². The van der Waals surface area contributed by atoms with Gasteiger partial charge in [-0.05, 0) is 37.3 Å². The van der Waals surface area contributed by atoms with Gasteiger partial charge in [-0.3, -0.25) is 4.98 Å². The Morgan fingerprint density at radius 1 is 1.28 bits per heavy atom. The summed E-state index contributed by atoms with van der Waals surface area (Å²) < 4.78 is 18.2. The summed E-state index contributed by atoms with van der Waals surface area (Å²) in [5.74, 6) is -0.883. The number of para-hydroxylation sites is 1. The zero-order valence-electron chi connectivity index (χ0n) is 13.4. The minimum absolute atomic E-state index is 0.227. The van der Waals surface area contributed by atoms with E-state index in [0.717, 1.165) is 0 Å². The van der Waals surface area contributed by atoms with Crippen LogP contribution in [0.4, 0.5) is 15.8 Å². The van der Waals surface area contributed by atoms with Crippen LogP contribution in [0.5, 0.6) is 0 Å². The van der Waals surface area contributed by atoms with E-state index in [1.807, 2.05) is 0 Å². The molecule has 0 bridgehead atoms. The molecule has 0 saturated carbocycles. The Hall–Kier alpha value is -3.46. The van der Waals surface area contributed by atoms with Crippen LogP contribution in [0.15, 0.2) is 48.7 Å². The summed E-state index contributed by atoms with van der Waals surface area (Å²) in [4.78, 5) is 16.5. The van der Waals surface area contributed by atoms with E-state index < -0.39 is 5.97 Å². The molecule has 0 spiro atoms. The smallest absolute Gasteiger partial charge is 0.341 e. The number of esters is 1. The summed E-state index contributed by atoms with van der Waals surface area (Å²) in [7, 11) is 0. The van der Waals surface area contributed by atoms with Crippen molar-refractivity contribution >= 4 is 28.2 Å². The van der Waals surface area contributed by atoms with E-state index in [2.05, 4.69) is 16.4 Å². The van der Waals surface area contributed by atoms with Crippen molar-refractivity contribution in [3.8, 4) is 6.07 Å². The van der Waals surface area contributed by atoms with Crippen molar-refractivity contribution < 1.29 is 13.9 Å². The highest BCUT2D eigenvalue weighted by molar-refractivity contribution is 6.07. The molecule has 0 unspecified atom stereocenters. The zero-order chi connectivity index (χ0) is 17.8. The maximum Gasteiger partial charge on any atom is 0.341 e. The van der Waals surface area contributed by atoms with Crippen LogP contribution in [-0.2, 0) is 4.74 Å². The van der Waals surface area contributed by atoms with Gasteiger partial charge < -0.3 is 10.1 Å². The number of nitrogens with zero attached hydrogens (tertiary/aromatic N) is 2. The molecule has 0 aliphatic rings. The molecule has 0 atom stereocenters. The second-order valence-electron chi connectivity index (χ2n) is 5.21. The number of carbonyl (C=O) groups excluding carboxylic acids is 1. The first kappa shape index (κ1) is 16.4. The fourth-order valence-corrected chi connectivity index (χ4v) is 2.49. The number of nitrogens with one attached hydrogen (secondary N) is 1. The number of halogens is 1. The number of aromatic nitrogens is 1. The van der Waals surface area contributed by atoms with Gasteiger partial charge in [0.05, 0.1) is 23.4 Å². The van der Waals surface area contributed by atoms with Crippen LogP contribution >= 0.6 is 0 Å². The number of rotatable bonds is 4. The summed E-state index contributed by atoms with van der Waals surface area (Å²) >= 11 is 0. The Balaban J connectivity index is 2.20. The molecule has 25 heavy (non-hydrogen) atoms. The van der Waals surface area contributed by atoms with E-state index in [4.69, 9.17) is 4.74 Å². The maximum atomic E-state index is 13.1. The summed E-state index contributed by atoms with van der Waals surface area (Å²) in [5.41, 5.74) is 2.18. The Bertz CT molecular complexity index is 978. The molecule has 0 aliphatic carbocycles. The molecule has 1 aromatic heterocycles. The SMILES string of the molecule is CCOC(=O)c1cnc2c(C#N)cccc2c1Nc1ccc(F)cc1. The molecule has 0 radical (unpaired) electrons. The number of benzene rings is 2. The zero-order valence-corrected chi connectivity index (χ0v) is 13.4. The molecule has 124 valence electrons. The molecule has 1 heterocycles. The monoisotopic (exact) mass is 335 g/mol. The van der Waals surface area contributed by atoms with Gasteiger partial charge in [0, 0.05) is 17.3 Å². The topological polar surface area (TPSA) is 75.0 Å². The number of carbonyl (C=O) groups is 1. The second kappa shape index (κ2) is 6.97. The van der Waals surface area contributed by atoms with Crippen LogP contribution in [-0.4, -0.2) is 17.6 Å². The Labute approximate surface area is 143 Å². The third-order valence-corrected chi connectivity index (χ3v) is 3.63. The predicted molar refractivity (Wildman–Crippen MR) is 92.1 cm³/mol. The van der Waals surface area contributed by atoms with Crippen LogP contribution in [0, 0.1) is 17.1 Å². The number of nitriles is 1. The number of anilines is 2. The van der Waals surface area contributed by atoms with E-state index >= 15 is 0 Å². The third kappa shape index (κ3) is 3.26. The first-order valence-corrected chi connectivity index (χ1v) is 7.65. The van der Waals surface area contributed by atoms with Gasteiger partial charge in [-0.1, -0.05) is 12.1 Å². The predicted octanol–water partition coefficient (Wildman–Crippen LogP) is 4.17. The van der Waals surface area contributed by atoms with Crippen LogP contribution in [0.3, 0.4) is 0 Å². The number of ether oxygens (including phenoxy) is 1. The molecule has 6 heteroatoms. The lowest BCUT2D eigenvalue weighted by Gasteiger charge is -2.14. The van der Waals surface area contributed by atoms with Gasteiger partial charge in [-0.25, -0.2) is 9.18 Å². The summed E-state index contributed by atoms with van der Waals surface area (Å²) in [5, 5.41) is 13.0. The summed E-state index contributed by atoms with van der Waals surface area (Å²) in [6, 6.07) is 13.0. The lowest BCUT2D eigenvalue weighted by molar-refractivity contribution is 0.0527. The van der Waals surface area contributed by atoms with E-state index in [0.29, 0.717) is 27.8 Å². The maximum absolute atomic E-state index is 13.1. The van der Waals surface area contributed by atoms with Gasteiger partial charge >= 0.3 is 5.97 Å². The van der Waals surface area contributed by atoms with E-state index in [1.165, 1.54) is 18.3 Å². The highest BCUT2D eigenvalue weighted by Crippen LogP contribution is 2.31. The molecular weight excluding hydrogens is 321 g/mol. The molecule has 1 N–H and O–H groups in total. The Morgan fingerprint density at radius 3 is 2.72 bits per heavy atom.